The predicted octanol–water partition coefficient (Wildman–Crippen LogP) is 8.07. The van der Waals surface area contributed by atoms with E-state index in [9.17, 15) is 0 Å². The Morgan fingerprint density at radius 1 is 0.514 bits per heavy atom. The summed E-state index contributed by atoms with van der Waals surface area (Å²) in [6, 6.07) is 43.0. The number of hydrogen-bond acceptors (Lipinski definition) is 1. The molecule has 3 heteroatoms. The van der Waals surface area contributed by atoms with E-state index in [1.165, 1.54) is 33.3 Å². The molecular weight excluding hydrogens is 426 g/mol. The molecule has 0 unspecified atom stereocenters. The highest BCUT2D eigenvalue weighted by atomic mass is 15.2. The van der Waals surface area contributed by atoms with Crippen molar-refractivity contribution in [1.29, 1.82) is 0 Å². The predicted molar refractivity (Wildman–Crippen MR) is 145 cm³/mol. The zero-order valence-corrected chi connectivity index (χ0v) is 19.4. The van der Waals surface area contributed by atoms with Crippen LogP contribution in [0.5, 0.6) is 0 Å². The first-order chi connectivity index (χ1) is 17.3. The summed E-state index contributed by atoms with van der Waals surface area (Å²) in [5, 5.41) is 0. The molecule has 0 atom stereocenters. The van der Waals surface area contributed by atoms with Gasteiger partial charge in [0.1, 0.15) is 0 Å². The summed E-state index contributed by atoms with van der Waals surface area (Å²) in [6.45, 7) is 2.14. The van der Waals surface area contributed by atoms with Crippen molar-refractivity contribution in [3.05, 3.63) is 127 Å². The van der Waals surface area contributed by atoms with E-state index < -0.39 is 0 Å². The van der Waals surface area contributed by atoms with Crippen LogP contribution in [0.25, 0.3) is 55.8 Å². The fourth-order valence-electron chi connectivity index (χ4n) is 5.10. The Balaban J connectivity index is 1.60. The number of nitrogens with zero attached hydrogens (tertiary/aromatic N) is 3. The van der Waals surface area contributed by atoms with E-state index >= 15 is 0 Å². The van der Waals surface area contributed by atoms with E-state index in [4.69, 9.17) is 4.98 Å². The topological polar surface area (TPSA) is 22.2 Å². The first-order valence-corrected chi connectivity index (χ1v) is 11.9. The minimum absolute atomic E-state index is 0.927. The molecule has 0 aliphatic rings. The number of benzene rings is 5. The molecule has 0 N–H and O–H groups in total. The molecule has 0 saturated heterocycles. The monoisotopic (exact) mass is 449 g/mol. The Kier molecular flexibility index (Phi) is 4.36. The van der Waals surface area contributed by atoms with Gasteiger partial charge in [-0.05, 0) is 77.2 Å². The van der Waals surface area contributed by atoms with E-state index in [-0.39, 0.29) is 0 Å². The van der Waals surface area contributed by atoms with Gasteiger partial charge in [-0.25, -0.2) is 4.98 Å². The van der Waals surface area contributed by atoms with Gasteiger partial charge in [-0.2, -0.15) is 0 Å². The third-order valence-corrected chi connectivity index (χ3v) is 6.75. The molecule has 0 bridgehead atoms. The van der Waals surface area contributed by atoms with Crippen LogP contribution in [0.15, 0.2) is 121 Å². The van der Waals surface area contributed by atoms with Gasteiger partial charge in [-0.1, -0.05) is 78.9 Å². The molecule has 0 fully saturated rings. The maximum atomic E-state index is 5.09. The smallest absolute Gasteiger partial charge is 0.220 e. The van der Waals surface area contributed by atoms with Crippen molar-refractivity contribution >= 4 is 27.8 Å². The molecule has 166 valence electrons. The maximum Gasteiger partial charge on any atom is 0.220 e. The molecule has 7 aromatic rings. The van der Waals surface area contributed by atoms with Crippen LogP contribution in [-0.2, 0) is 0 Å². The fraction of sp³-hybridized carbons (Fsp3) is 0.0312. The average molecular weight is 450 g/mol. The van der Waals surface area contributed by atoms with Gasteiger partial charge in [-0.3, -0.25) is 8.97 Å². The molecule has 35 heavy (non-hydrogen) atoms. The number of aryl methyl sites for hydroxylation is 1. The molecule has 2 heterocycles. The number of rotatable bonds is 3. The van der Waals surface area contributed by atoms with Crippen molar-refractivity contribution in [3.8, 4) is 27.9 Å². The average Bonchev–Trinajstić information content (AvgIpc) is 3.44. The first kappa shape index (κ1) is 19.8. The molecule has 0 aliphatic carbocycles. The molecule has 5 aromatic carbocycles. The zero-order chi connectivity index (χ0) is 23.4. The summed E-state index contributed by atoms with van der Waals surface area (Å²) in [4.78, 5) is 5.09. The van der Waals surface area contributed by atoms with Crippen molar-refractivity contribution in [2.75, 3.05) is 0 Å². The Morgan fingerprint density at radius 3 is 1.83 bits per heavy atom. The molecule has 0 amide bonds. The van der Waals surface area contributed by atoms with Gasteiger partial charge in [0.15, 0.2) is 0 Å². The Bertz CT molecular complexity index is 1780. The molecule has 0 radical (unpaired) electrons. The number of hydrogen-bond donors (Lipinski definition) is 0. The van der Waals surface area contributed by atoms with E-state index in [2.05, 4.69) is 137 Å². The summed E-state index contributed by atoms with van der Waals surface area (Å²) in [6.07, 6.45) is 0. The Labute approximate surface area is 203 Å². The largest absolute Gasteiger partial charge is 0.278 e. The van der Waals surface area contributed by atoms with Crippen LogP contribution in [0.3, 0.4) is 0 Å². The standard InChI is InChI=1S/C32H23N3/c1-22-16-17-30-31(18-22)35-29-15-9-8-14-28(29)33-32(35)34(30)27-20-25(23-10-4-2-5-11-23)19-26(21-27)24-12-6-3-7-13-24/h2-21H,1H3. The lowest BCUT2D eigenvalue weighted by Gasteiger charge is -2.13. The normalized spacial score (nSPS) is 11.6. The third kappa shape index (κ3) is 3.17. The highest BCUT2D eigenvalue weighted by Crippen LogP contribution is 2.34. The second-order valence-electron chi connectivity index (χ2n) is 9.06. The zero-order valence-electron chi connectivity index (χ0n) is 19.4. The van der Waals surface area contributed by atoms with Crippen molar-refractivity contribution in [1.82, 2.24) is 14.0 Å². The maximum absolute atomic E-state index is 5.09. The number of aromatic nitrogens is 3. The van der Waals surface area contributed by atoms with Gasteiger partial charge in [0.05, 0.1) is 27.8 Å². The SMILES string of the molecule is Cc1ccc2c(c1)n1c3ccccc3nc1n2-c1cc(-c2ccccc2)cc(-c2ccccc2)c1. The van der Waals surface area contributed by atoms with Crippen LogP contribution >= 0.6 is 0 Å². The van der Waals surface area contributed by atoms with E-state index in [1.54, 1.807) is 0 Å². The van der Waals surface area contributed by atoms with E-state index in [0.29, 0.717) is 0 Å². The summed E-state index contributed by atoms with van der Waals surface area (Å²) < 4.78 is 4.59. The van der Waals surface area contributed by atoms with Crippen LogP contribution in [0, 0.1) is 6.92 Å². The molecule has 0 spiro atoms. The lowest BCUT2D eigenvalue weighted by molar-refractivity contribution is 1.11. The van der Waals surface area contributed by atoms with E-state index in [0.717, 1.165) is 28.0 Å². The van der Waals surface area contributed by atoms with Crippen LogP contribution < -0.4 is 0 Å². The fourth-order valence-corrected chi connectivity index (χ4v) is 5.10. The van der Waals surface area contributed by atoms with Crippen LogP contribution in [0.2, 0.25) is 0 Å². The Hall–Kier alpha value is -4.63. The highest BCUT2D eigenvalue weighted by Gasteiger charge is 2.18. The lowest BCUT2D eigenvalue weighted by atomic mass is 9.98. The second-order valence-corrected chi connectivity index (χ2v) is 9.06. The van der Waals surface area contributed by atoms with Gasteiger partial charge in [0.2, 0.25) is 5.78 Å². The van der Waals surface area contributed by atoms with Crippen LogP contribution in [0.4, 0.5) is 0 Å². The Morgan fingerprint density at radius 2 is 1.14 bits per heavy atom. The van der Waals surface area contributed by atoms with E-state index in [1.807, 2.05) is 0 Å². The quantitative estimate of drug-likeness (QED) is 0.267. The van der Waals surface area contributed by atoms with Gasteiger partial charge < -0.3 is 0 Å². The van der Waals surface area contributed by atoms with Crippen molar-refractivity contribution < 1.29 is 0 Å². The van der Waals surface area contributed by atoms with Gasteiger partial charge >= 0.3 is 0 Å². The first-order valence-electron chi connectivity index (χ1n) is 11.9. The third-order valence-electron chi connectivity index (χ3n) is 6.75. The van der Waals surface area contributed by atoms with Crippen molar-refractivity contribution in [3.63, 3.8) is 0 Å². The summed E-state index contributed by atoms with van der Waals surface area (Å²) >= 11 is 0. The van der Waals surface area contributed by atoms with Crippen LogP contribution in [-0.4, -0.2) is 14.0 Å². The molecule has 7 rings (SSSR count). The van der Waals surface area contributed by atoms with Gasteiger partial charge in [-0.15, -0.1) is 0 Å². The number of para-hydroxylation sites is 2. The van der Waals surface area contributed by atoms with Crippen molar-refractivity contribution in [2.45, 2.75) is 6.92 Å². The number of imidazole rings is 2. The summed E-state index contributed by atoms with van der Waals surface area (Å²) in [5.74, 6) is 0.927. The summed E-state index contributed by atoms with van der Waals surface area (Å²) in [7, 11) is 0. The molecule has 0 aliphatic heterocycles. The molecule has 2 aromatic heterocycles. The van der Waals surface area contributed by atoms with Crippen LogP contribution in [0.1, 0.15) is 5.56 Å². The summed E-state index contributed by atoms with van der Waals surface area (Å²) in [5.41, 5.74) is 11.5. The molecule has 3 nitrogen and oxygen atoms in total. The van der Waals surface area contributed by atoms with Crippen molar-refractivity contribution in [2.24, 2.45) is 0 Å². The molecule has 0 saturated carbocycles. The van der Waals surface area contributed by atoms with Gasteiger partial charge in [0.25, 0.3) is 0 Å². The number of fused-ring (bicyclic) bond motifs is 5. The second kappa shape index (κ2) is 7.71. The van der Waals surface area contributed by atoms with Gasteiger partial charge in [0, 0.05) is 0 Å². The lowest BCUT2D eigenvalue weighted by Crippen LogP contribution is -1.97. The highest BCUT2D eigenvalue weighted by molar-refractivity contribution is 5.93. The molecular formula is C32H23N3. The minimum atomic E-state index is 0.927. The minimum Gasteiger partial charge on any atom is -0.278 e.